The quantitative estimate of drug-likeness (QED) is 0.731. The Morgan fingerprint density at radius 2 is 2.00 bits per heavy atom. The molecule has 0 saturated heterocycles. The molecule has 0 aliphatic heterocycles. The summed E-state index contributed by atoms with van der Waals surface area (Å²) in [5.41, 5.74) is 0. The first kappa shape index (κ1) is 12.0. The molecule has 0 heterocycles. The minimum atomic E-state index is -0.00699. The van der Waals surface area contributed by atoms with Gasteiger partial charge in [0.15, 0.2) is 0 Å². The molecule has 0 aromatic heterocycles. The van der Waals surface area contributed by atoms with Crippen molar-refractivity contribution in [2.45, 2.75) is 65.4 Å². The minimum absolute atomic E-state index is 0.00699. The van der Waals surface area contributed by atoms with E-state index < -0.39 is 0 Å². The lowest BCUT2D eigenvalue weighted by Gasteiger charge is -2.33. The maximum Gasteiger partial charge on any atom is 0.0571 e. The van der Waals surface area contributed by atoms with E-state index in [1.54, 1.807) is 0 Å². The van der Waals surface area contributed by atoms with Crippen LogP contribution in [0, 0.1) is 17.8 Å². The Morgan fingerprint density at radius 3 is 2.50 bits per heavy atom. The first-order chi connectivity index (χ1) is 6.63. The van der Waals surface area contributed by atoms with Gasteiger partial charge in [0.1, 0.15) is 0 Å². The molecule has 0 bridgehead atoms. The summed E-state index contributed by atoms with van der Waals surface area (Å²) in [6, 6.07) is 0. The summed E-state index contributed by atoms with van der Waals surface area (Å²) in [6.45, 7) is 6.78. The second kappa shape index (κ2) is 5.75. The Kier molecular flexibility index (Phi) is 4.94. The third-order valence-electron chi connectivity index (χ3n) is 3.53. The fraction of sp³-hybridized carbons (Fsp3) is 1.00. The molecule has 1 fully saturated rings. The zero-order valence-corrected chi connectivity index (χ0v) is 10.00. The maximum absolute atomic E-state index is 9.98. The molecule has 0 spiro atoms. The van der Waals surface area contributed by atoms with Gasteiger partial charge in [-0.15, -0.1) is 0 Å². The summed E-state index contributed by atoms with van der Waals surface area (Å²) in [6.07, 6.45) is 7.39. The molecule has 0 aromatic rings. The fourth-order valence-electron chi connectivity index (χ4n) is 2.88. The number of rotatable bonds is 4. The average Bonchev–Trinajstić information content (AvgIpc) is 2.09. The smallest absolute Gasteiger partial charge is 0.0571 e. The van der Waals surface area contributed by atoms with Crippen LogP contribution in [-0.2, 0) is 0 Å². The highest BCUT2D eigenvalue weighted by Crippen LogP contribution is 2.34. The summed E-state index contributed by atoms with van der Waals surface area (Å²) < 4.78 is 0. The topological polar surface area (TPSA) is 20.2 Å². The van der Waals surface area contributed by atoms with Gasteiger partial charge in [-0.25, -0.2) is 0 Å². The molecule has 1 nitrogen and oxygen atoms in total. The minimum Gasteiger partial charge on any atom is -0.393 e. The summed E-state index contributed by atoms with van der Waals surface area (Å²) in [5, 5.41) is 9.98. The molecule has 1 heteroatoms. The lowest BCUT2D eigenvalue weighted by Crippen LogP contribution is -2.29. The molecule has 3 atom stereocenters. The Balaban J connectivity index is 2.31. The fourth-order valence-corrected chi connectivity index (χ4v) is 2.88. The van der Waals surface area contributed by atoms with Crippen LogP contribution in [0.3, 0.4) is 0 Å². The number of hydrogen-bond donors (Lipinski definition) is 1. The van der Waals surface area contributed by atoms with Crippen molar-refractivity contribution in [2.24, 2.45) is 17.8 Å². The summed E-state index contributed by atoms with van der Waals surface area (Å²) in [4.78, 5) is 0. The van der Waals surface area contributed by atoms with E-state index in [4.69, 9.17) is 0 Å². The third-order valence-corrected chi connectivity index (χ3v) is 3.53. The first-order valence-electron chi connectivity index (χ1n) is 6.31. The first-order valence-corrected chi connectivity index (χ1v) is 6.31. The standard InChI is InChI=1S/C13H26O/c1-4-5-12-7-6-11(8-10(2)3)9-13(12)14/h10-14H,4-9H2,1-3H3. The monoisotopic (exact) mass is 198 g/mol. The molecule has 0 amide bonds. The molecule has 0 radical (unpaired) electrons. The number of hydrogen-bond acceptors (Lipinski definition) is 1. The van der Waals surface area contributed by atoms with Crippen molar-refractivity contribution in [3.8, 4) is 0 Å². The van der Waals surface area contributed by atoms with Crippen LogP contribution >= 0.6 is 0 Å². The van der Waals surface area contributed by atoms with Crippen molar-refractivity contribution >= 4 is 0 Å². The van der Waals surface area contributed by atoms with Crippen LogP contribution in [0.15, 0.2) is 0 Å². The maximum atomic E-state index is 9.98. The van der Waals surface area contributed by atoms with Gasteiger partial charge in [0.25, 0.3) is 0 Å². The predicted molar refractivity (Wildman–Crippen MR) is 61.2 cm³/mol. The van der Waals surface area contributed by atoms with Gasteiger partial charge in [-0.1, -0.05) is 27.2 Å². The van der Waals surface area contributed by atoms with Gasteiger partial charge in [-0.05, 0) is 49.9 Å². The Morgan fingerprint density at radius 1 is 1.29 bits per heavy atom. The van der Waals surface area contributed by atoms with Crippen LogP contribution in [-0.4, -0.2) is 11.2 Å². The van der Waals surface area contributed by atoms with Crippen LogP contribution in [0.5, 0.6) is 0 Å². The van der Waals surface area contributed by atoms with Crippen molar-refractivity contribution < 1.29 is 5.11 Å². The molecule has 1 rings (SSSR count). The Labute approximate surface area is 88.9 Å². The van der Waals surface area contributed by atoms with E-state index in [2.05, 4.69) is 20.8 Å². The predicted octanol–water partition coefficient (Wildman–Crippen LogP) is 3.61. The van der Waals surface area contributed by atoms with Gasteiger partial charge >= 0.3 is 0 Å². The molecular formula is C13H26O. The molecule has 0 aromatic carbocycles. The number of aliphatic hydroxyl groups is 1. The highest BCUT2D eigenvalue weighted by atomic mass is 16.3. The van der Waals surface area contributed by atoms with Crippen molar-refractivity contribution in [3.05, 3.63) is 0 Å². The van der Waals surface area contributed by atoms with Crippen molar-refractivity contribution in [1.82, 2.24) is 0 Å². The highest BCUT2D eigenvalue weighted by molar-refractivity contribution is 4.79. The summed E-state index contributed by atoms with van der Waals surface area (Å²) in [5.74, 6) is 2.18. The molecule has 1 N–H and O–H groups in total. The van der Waals surface area contributed by atoms with Crippen LogP contribution in [0.25, 0.3) is 0 Å². The van der Waals surface area contributed by atoms with Crippen molar-refractivity contribution in [3.63, 3.8) is 0 Å². The molecule has 84 valence electrons. The zero-order chi connectivity index (χ0) is 10.6. The van der Waals surface area contributed by atoms with E-state index in [-0.39, 0.29) is 6.10 Å². The Hall–Kier alpha value is -0.0400. The van der Waals surface area contributed by atoms with Crippen LogP contribution in [0.4, 0.5) is 0 Å². The van der Waals surface area contributed by atoms with Crippen molar-refractivity contribution in [2.75, 3.05) is 0 Å². The van der Waals surface area contributed by atoms with E-state index in [1.165, 1.54) is 32.1 Å². The van der Waals surface area contributed by atoms with Gasteiger partial charge in [-0.2, -0.15) is 0 Å². The van der Waals surface area contributed by atoms with Gasteiger partial charge < -0.3 is 5.11 Å². The van der Waals surface area contributed by atoms with E-state index in [9.17, 15) is 5.11 Å². The second-order valence-electron chi connectivity index (χ2n) is 5.42. The number of aliphatic hydroxyl groups excluding tert-OH is 1. The summed E-state index contributed by atoms with van der Waals surface area (Å²) in [7, 11) is 0. The third kappa shape index (κ3) is 3.61. The molecule has 3 unspecified atom stereocenters. The lowest BCUT2D eigenvalue weighted by molar-refractivity contribution is 0.0355. The normalized spacial score (nSPS) is 33.6. The van der Waals surface area contributed by atoms with Crippen LogP contribution in [0.2, 0.25) is 0 Å². The SMILES string of the molecule is CCCC1CCC(CC(C)C)CC1O. The van der Waals surface area contributed by atoms with Crippen LogP contribution in [0.1, 0.15) is 59.3 Å². The van der Waals surface area contributed by atoms with Gasteiger partial charge in [-0.3, -0.25) is 0 Å². The van der Waals surface area contributed by atoms with E-state index in [0.717, 1.165) is 18.3 Å². The zero-order valence-electron chi connectivity index (χ0n) is 10.00. The highest BCUT2D eigenvalue weighted by Gasteiger charge is 2.28. The van der Waals surface area contributed by atoms with E-state index >= 15 is 0 Å². The molecule has 14 heavy (non-hydrogen) atoms. The van der Waals surface area contributed by atoms with E-state index in [0.29, 0.717) is 5.92 Å². The van der Waals surface area contributed by atoms with Gasteiger partial charge in [0.2, 0.25) is 0 Å². The molecule has 1 saturated carbocycles. The Bertz CT molecular complexity index is 153. The average molecular weight is 198 g/mol. The summed E-state index contributed by atoms with van der Waals surface area (Å²) >= 11 is 0. The van der Waals surface area contributed by atoms with Crippen molar-refractivity contribution in [1.29, 1.82) is 0 Å². The van der Waals surface area contributed by atoms with Gasteiger partial charge in [0.05, 0.1) is 6.10 Å². The second-order valence-corrected chi connectivity index (χ2v) is 5.42. The lowest BCUT2D eigenvalue weighted by atomic mass is 9.75. The van der Waals surface area contributed by atoms with Gasteiger partial charge in [0, 0.05) is 0 Å². The molecular weight excluding hydrogens is 172 g/mol. The molecule has 1 aliphatic carbocycles. The largest absolute Gasteiger partial charge is 0.393 e. The molecule has 1 aliphatic rings. The van der Waals surface area contributed by atoms with E-state index in [1.807, 2.05) is 0 Å². The van der Waals surface area contributed by atoms with Crippen LogP contribution < -0.4 is 0 Å².